The Morgan fingerprint density at radius 1 is 0.625 bits per heavy atom. The number of thiophene rings is 1. The lowest BCUT2D eigenvalue weighted by Gasteiger charge is -2.29. The number of nitrogens with zero attached hydrogens (tertiary/aromatic N) is 3. The van der Waals surface area contributed by atoms with Gasteiger partial charge in [-0.1, -0.05) is 103 Å². The number of hydrogen-bond donors (Lipinski definition) is 1. The van der Waals surface area contributed by atoms with E-state index in [-0.39, 0.29) is 11.5 Å². The van der Waals surface area contributed by atoms with Crippen molar-refractivity contribution in [2.24, 2.45) is 4.99 Å². The van der Waals surface area contributed by atoms with E-state index in [1.54, 1.807) is 0 Å². The van der Waals surface area contributed by atoms with Crippen LogP contribution in [0.25, 0.3) is 38.0 Å². The first-order valence-corrected chi connectivity index (χ1v) is 17.0. The molecule has 0 saturated carbocycles. The summed E-state index contributed by atoms with van der Waals surface area (Å²) >= 11 is 1.94. The zero-order valence-electron chi connectivity index (χ0n) is 25.8. The third kappa shape index (κ3) is 3.85. The van der Waals surface area contributed by atoms with Crippen LogP contribution >= 0.6 is 11.3 Å². The molecule has 0 saturated heterocycles. The number of hydrogen-bond acceptors (Lipinski definition) is 5. The van der Waals surface area contributed by atoms with Crippen molar-refractivity contribution in [1.29, 1.82) is 0 Å². The van der Waals surface area contributed by atoms with Crippen molar-refractivity contribution >= 4 is 33.0 Å². The molecule has 1 spiro atoms. The zero-order chi connectivity index (χ0) is 31.7. The van der Waals surface area contributed by atoms with E-state index in [2.05, 4.69) is 125 Å². The van der Waals surface area contributed by atoms with Crippen LogP contribution < -0.4 is 5.32 Å². The van der Waals surface area contributed by atoms with Crippen LogP contribution in [0.4, 0.5) is 0 Å². The number of nitrogens with one attached hydrogen (secondary N) is 1. The maximum atomic E-state index is 5.33. The van der Waals surface area contributed by atoms with Crippen LogP contribution in [0.2, 0.25) is 0 Å². The Morgan fingerprint density at radius 2 is 1.29 bits per heavy atom. The molecule has 3 aliphatic rings. The maximum Gasteiger partial charge on any atom is 0.152 e. The normalized spacial score (nSPS) is 18.4. The molecule has 48 heavy (non-hydrogen) atoms. The number of benzene rings is 4. The van der Waals surface area contributed by atoms with Crippen molar-refractivity contribution in [2.75, 3.05) is 0 Å². The van der Waals surface area contributed by atoms with Crippen molar-refractivity contribution in [3.8, 4) is 22.3 Å². The fraction of sp³-hybridized carbons (Fsp3) is 0.0465. The molecule has 1 aliphatic heterocycles. The SMILES string of the molecule is C1=C/C(c2ccc3c(c2)-c2c(sc4ccccc24)C32c3ccccc3-c3ccccc32)N=C(c2ccccn2)N/C(c2ccccn2)=C/1. The number of pyridine rings is 2. The minimum Gasteiger partial charge on any atom is -0.337 e. The summed E-state index contributed by atoms with van der Waals surface area (Å²) in [7, 11) is 0. The molecule has 0 bridgehead atoms. The van der Waals surface area contributed by atoms with E-state index in [9.17, 15) is 0 Å². The van der Waals surface area contributed by atoms with Gasteiger partial charge in [0.05, 0.1) is 22.8 Å². The van der Waals surface area contributed by atoms with Gasteiger partial charge >= 0.3 is 0 Å². The Labute approximate surface area is 282 Å². The van der Waals surface area contributed by atoms with E-state index in [0.29, 0.717) is 5.84 Å². The Bertz CT molecular complexity index is 2440. The van der Waals surface area contributed by atoms with E-state index < -0.39 is 0 Å². The average Bonchev–Trinajstić information content (AvgIpc) is 3.76. The third-order valence-corrected chi connectivity index (χ3v) is 11.2. The summed E-state index contributed by atoms with van der Waals surface area (Å²) in [6.07, 6.45) is 9.95. The molecule has 4 heterocycles. The van der Waals surface area contributed by atoms with Gasteiger partial charge in [0.2, 0.25) is 0 Å². The highest BCUT2D eigenvalue weighted by Crippen LogP contribution is 2.66. The molecule has 3 aromatic heterocycles. The molecular formula is C43H28N4S. The number of rotatable bonds is 3. The Balaban J connectivity index is 1.20. The average molecular weight is 633 g/mol. The first-order valence-electron chi connectivity index (χ1n) is 16.2. The van der Waals surface area contributed by atoms with Gasteiger partial charge in [0.25, 0.3) is 0 Å². The van der Waals surface area contributed by atoms with Gasteiger partial charge in [0, 0.05) is 32.9 Å². The largest absolute Gasteiger partial charge is 0.337 e. The molecule has 1 atom stereocenters. The Hall–Kier alpha value is -5.91. The number of aliphatic imine (C=N–C) groups is 1. The van der Waals surface area contributed by atoms with Gasteiger partial charge in [-0.05, 0) is 81.4 Å². The van der Waals surface area contributed by atoms with E-state index in [1.165, 1.54) is 53.9 Å². The highest BCUT2D eigenvalue weighted by atomic mass is 32.1. The molecule has 10 rings (SSSR count). The lowest BCUT2D eigenvalue weighted by molar-refractivity contribution is 0.809. The second-order valence-electron chi connectivity index (χ2n) is 12.4. The maximum absolute atomic E-state index is 5.33. The Kier molecular flexibility index (Phi) is 5.99. The van der Waals surface area contributed by atoms with Crippen LogP contribution in [0, 0.1) is 0 Å². The van der Waals surface area contributed by atoms with Crippen LogP contribution in [0.15, 0.2) is 163 Å². The van der Waals surface area contributed by atoms with E-state index >= 15 is 0 Å². The summed E-state index contributed by atoms with van der Waals surface area (Å²) in [6.45, 7) is 0. The van der Waals surface area contributed by atoms with Gasteiger partial charge in [-0.15, -0.1) is 11.3 Å². The van der Waals surface area contributed by atoms with Crippen molar-refractivity contribution in [2.45, 2.75) is 11.5 Å². The van der Waals surface area contributed by atoms with Crippen LogP contribution in [0.1, 0.15) is 44.6 Å². The molecule has 226 valence electrons. The molecule has 5 heteroatoms. The summed E-state index contributed by atoms with van der Waals surface area (Å²) in [6, 6.07) is 45.5. The van der Waals surface area contributed by atoms with Crippen LogP contribution in [-0.2, 0) is 5.41 Å². The summed E-state index contributed by atoms with van der Waals surface area (Å²) in [5, 5.41) is 4.88. The Morgan fingerprint density at radius 3 is 2.04 bits per heavy atom. The van der Waals surface area contributed by atoms with Gasteiger partial charge < -0.3 is 5.32 Å². The first-order chi connectivity index (χ1) is 23.8. The van der Waals surface area contributed by atoms with Gasteiger partial charge in [0.1, 0.15) is 5.69 Å². The van der Waals surface area contributed by atoms with Gasteiger partial charge in [0.15, 0.2) is 5.84 Å². The van der Waals surface area contributed by atoms with Gasteiger partial charge in [-0.2, -0.15) is 0 Å². The highest BCUT2D eigenvalue weighted by molar-refractivity contribution is 7.20. The second-order valence-corrected chi connectivity index (χ2v) is 13.4. The molecule has 1 N–H and O–H groups in total. The number of fused-ring (bicyclic) bond motifs is 12. The van der Waals surface area contributed by atoms with E-state index in [4.69, 9.17) is 4.99 Å². The molecule has 1 unspecified atom stereocenters. The number of allylic oxidation sites excluding steroid dienone is 2. The van der Waals surface area contributed by atoms with Gasteiger partial charge in [-0.3, -0.25) is 15.0 Å². The summed E-state index contributed by atoms with van der Waals surface area (Å²) in [5.41, 5.74) is 12.6. The predicted molar refractivity (Wildman–Crippen MR) is 196 cm³/mol. The molecule has 0 amide bonds. The molecular weight excluding hydrogens is 605 g/mol. The molecule has 7 aromatic rings. The van der Waals surface area contributed by atoms with Gasteiger partial charge in [-0.25, -0.2) is 0 Å². The van der Waals surface area contributed by atoms with Crippen molar-refractivity contribution in [3.05, 3.63) is 197 Å². The van der Waals surface area contributed by atoms with E-state index in [0.717, 1.165) is 22.6 Å². The summed E-state index contributed by atoms with van der Waals surface area (Å²) in [5.74, 6) is 0.708. The monoisotopic (exact) mass is 632 g/mol. The summed E-state index contributed by atoms with van der Waals surface area (Å²) in [4.78, 5) is 16.0. The van der Waals surface area contributed by atoms with Crippen molar-refractivity contribution in [1.82, 2.24) is 15.3 Å². The van der Waals surface area contributed by atoms with Crippen LogP contribution in [0.3, 0.4) is 0 Å². The molecule has 0 radical (unpaired) electrons. The van der Waals surface area contributed by atoms with Crippen molar-refractivity contribution in [3.63, 3.8) is 0 Å². The minimum atomic E-state index is -0.360. The highest BCUT2D eigenvalue weighted by Gasteiger charge is 2.53. The van der Waals surface area contributed by atoms with E-state index in [1.807, 2.05) is 60.1 Å². The predicted octanol–water partition coefficient (Wildman–Crippen LogP) is 9.72. The van der Waals surface area contributed by atoms with Crippen LogP contribution in [-0.4, -0.2) is 15.8 Å². The zero-order valence-corrected chi connectivity index (χ0v) is 26.7. The fourth-order valence-electron chi connectivity index (χ4n) is 7.88. The molecule has 4 aromatic carbocycles. The smallest absolute Gasteiger partial charge is 0.152 e. The standard InChI is InChI=1S/C43H28N4S/c1-4-15-32-28(12-1)29-13-2-5-16-33(29)43(32)34-23-22-27(26-31(34)40-30-14-3-6-21-39(30)48-41(40)43)35-19-11-20-37(36-17-7-9-24-44-36)47-42(46-35)38-18-8-10-25-45-38/h1-26,35H,(H,46,47)/b19-11+,37-20+. The number of aromatic nitrogens is 2. The second kappa shape index (κ2) is 10.6. The molecule has 0 fully saturated rings. The van der Waals surface area contributed by atoms with Crippen molar-refractivity contribution < 1.29 is 0 Å². The fourth-order valence-corrected chi connectivity index (χ4v) is 9.33. The van der Waals surface area contributed by atoms with Crippen LogP contribution in [0.5, 0.6) is 0 Å². The quantitative estimate of drug-likeness (QED) is 0.211. The lowest BCUT2D eigenvalue weighted by Crippen LogP contribution is -2.26. The topological polar surface area (TPSA) is 50.2 Å². The third-order valence-electron chi connectivity index (χ3n) is 9.87. The lowest BCUT2D eigenvalue weighted by atomic mass is 9.73. The molecule has 4 nitrogen and oxygen atoms in total. The first kappa shape index (κ1) is 27.2. The summed E-state index contributed by atoms with van der Waals surface area (Å²) < 4.78 is 1.32. The minimum absolute atomic E-state index is 0.227. The number of amidine groups is 1. The molecule has 2 aliphatic carbocycles.